The van der Waals surface area contributed by atoms with E-state index in [1.165, 1.54) is 0 Å². The van der Waals surface area contributed by atoms with Crippen molar-refractivity contribution in [3.63, 3.8) is 0 Å². The molecule has 1 heterocycles. The van der Waals surface area contributed by atoms with E-state index in [0.29, 0.717) is 18.9 Å². The summed E-state index contributed by atoms with van der Waals surface area (Å²) in [5.41, 5.74) is 1.93. The molecule has 1 aromatic heterocycles. The zero-order valence-electron chi connectivity index (χ0n) is 17.9. The lowest BCUT2D eigenvalue weighted by molar-refractivity contribution is 0.205. The third-order valence-electron chi connectivity index (χ3n) is 4.74. The van der Waals surface area contributed by atoms with Crippen LogP contribution >= 0.6 is 0 Å². The molecule has 7 heteroatoms. The summed E-state index contributed by atoms with van der Waals surface area (Å²) in [5, 5.41) is 7.36. The Balaban J connectivity index is 1.66. The topological polar surface area (TPSA) is 73.4 Å². The molecular weight excluding hydrogens is 376 g/mol. The molecule has 0 bridgehead atoms. The van der Waals surface area contributed by atoms with Crippen molar-refractivity contribution in [3.05, 3.63) is 66.0 Å². The van der Waals surface area contributed by atoms with Gasteiger partial charge in [-0.15, -0.1) is 0 Å². The van der Waals surface area contributed by atoms with Crippen LogP contribution in [0.4, 0.5) is 10.6 Å². The van der Waals surface area contributed by atoms with Crippen molar-refractivity contribution in [2.45, 2.75) is 19.5 Å². The molecule has 0 saturated heterocycles. The van der Waals surface area contributed by atoms with Crippen LogP contribution in [0.5, 0.6) is 0 Å². The Bertz CT molecular complexity index is 960. The van der Waals surface area contributed by atoms with Gasteiger partial charge in [-0.05, 0) is 44.8 Å². The van der Waals surface area contributed by atoms with Gasteiger partial charge in [-0.25, -0.2) is 14.8 Å². The highest BCUT2D eigenvalue weighted by molar-refractivity contribution is 5.89. The number of hydrogen-bond acceptors (Lipinski definition) is 5. The molecule has 158 valence electrons. The first kappa shape index (κ1) is 21.5. The van der Waals surface area contributed by atoms with Crippen LogP contribution in [0.2, 0.25) is 0 Å². The summed E-state index contributed by atoms with van der Waals surface area (Å²) in [6, 6.07) is 17.6. The van der Waals surface area contributed by atoms with Gasteiger partial charge in [0.2, 0.25) is 0 Å². The number of carbonyl (C=O) groups is 1. The fourth-order valence-corrected chi connectivity index (χ4v) is 3.12. The van der Waals surface area contributed by atoms with E-state index < -0.39 is 0 Å². The highest BCUT2D eigenvalue weighted by Gasteiger charge is 2.13. The van der Waals surface area contributed by atoms with Gasteiger partial charge in [-0.1, -0.05) is 42.5 Å². The molecule has 0 saturated carbocycles. The summed E-state index contributed by atoms with van der Waals surface area (Å²) in [7, 11) is 5.89. The average Bonchev–Trinajstić information content (AvgIpc) is 2.75. The first-order valence-corrected chi connectivity index (χ1v) is 10.2. The fraction of sp³-hybridized carbons (Fsp3) is 0.348. The number of hydrogen-bond donors (Lipinski definition) is 2. The van der Waals surface area contributed by atoms with E-state index in [1.807, 2.05) is 54.6 Å². The van der Waals surface area contributed by atoms with E-state index in [-0.39, 0.29) is 6.03 Å². The first-order chi connectivity index (χ1) is 14.5. The molecule has 2 aromatic carbocycles. The maximum absolute atomic E-state index is 12.5. The third-order valence-corrected chi connectivity index (χ3v) is 4.74. The number of nitrogens with one attached hydrogen (secondary N) is 2. The molecule has 0 atom stereocenters. The zero-order chi connectivity index (χ0) is 21.3. The van der Waals surface area contributed by atoms with Gasteiger partial charge in [-0.2, -0.15) is 0 Å². The van der Waals surface area contributed by atoms with E-state index >= 15 is 0 Å². The van der Waals surface area contributed by atoms with E-state index in [0.717, 1.165) is 41.8 Å². The number of aromatic nitrogens is 2. The molecule has 30 heavy (non-hydrogen) atoms. The monoisotopic (exact) mass is 406 g/mol. The SMILES string of the molecule is CN(C)CCCNc1nc(CN(C)C(=O)NCc2ccccc2)nc2ccccc12. The lowest BCUT2D eigenvalue weighted by Gasteiger charge is -2.18. The van der Waals surface area contributed by atoms with Crippen molar-refractivity contribution in [1.29, 1.82) is 0 Å². The summed E-state index contributed by atoms with van der Waals surface area (Å²) in [6.07, 6.45) is 1.02. The number of anilines is 1. The molecule has 0 aliphatic heterocycles. The van der Waals surface area contributed by atoms with Crippen molar-refractivity contribution >= 4 is 22.8 Å². The van der Waals surface area contributed by atoms with Gasteiger partial charge in [-0.3, -0.25) is 0 Å². The summed E-state index contributed by atoms with van der Waals surface area (Å²) < 4.78 is 0. The van der Waals surface area contributed by atoms with Crippen molar-refractivity contribution in [1.82, 2.24) is 25.1 Å². The van der Waals surface area contributed by atoms with Gasteiger partial charge in [0.25, 0.3) is 0 Å². The van der Waals surface area contributed by atoms with Crippen LogP contribution in [-0.2, 0) is 13.1 Å². The van der Waals surface area contributed by atoms with Crippen LogP contribution in [0.15, 0.2) is 54.6 Å². The van der Waals surface area contributed by atoms with Crippen LogP contribution in [0.3, 0.4) is 0 Å². The largest absolute Gasteiger partial charge is 0.369 e. The minimum Gasteiger partial charge on any atom is -0.369 e. The minimum atomic E-state index is -0.156. The van der Waals surface area contributed by atoms with Gasteiger partial charge < -0.3 is 20.4 Å². The Morgan fingerprint density at radius 1 is 0.967 bits per heavy atom. The summed E-state index contributed by atoms with van der Waals surface area (Å²) in [4.78, 5) is 25.6. The second-order valence-electron chi connectivity index (χ2n) is 7.59. The van der Waals surface area contributed by atoms with E-state index in [2.05, 4.69) is 34.6 Å². The molecule has 2 amide bonds. The number of carbonyl (C=O) groups excluding carboxylic acids is 1. The smallest absolute Gasteiger partial charge is 0.317 e. The Labute approximate surface area is 178 Å². The van der Waals surface area contributed by atoms with Crippen LogP contribution in [0, 0.1) is 0 Å². The molecule has 7 nitrogen and oxygen atoms in total. The molecular formula is C23H30N6O. The van der Waals surface area contributed by atoms with Crippen molar-refractivity contribution in [2.24, 2.45) is 0 Å². The van der Waals surface area contributed by atoms with Crippen LogP contribution in [-0.4, -0.2) is 60.0 Å². The number of nitrogens with zero attached hydrogens (tertiary/aromatic N) is 4. The second-order valence-corrected chi connectivity index (χ2v) is 7.59. The number of amides is 2. The average molecular weight is 407 g/mol. The number of para-hydroxylation sites is 1. The van der Waals surface area contributed by atoms with Gasteiger partial charge in [0.1, 0.15) is 5.82 Å². The van der Waals surface area contributed by atoms with E-state index in [1.54, 1.807) is 11.9 Å². The van der Waals surface area contributed by atoms with Crippen LogP contribution in [0.1, 0.15) is 17.8 Å². The standard InChI is InChI=1S/C23H30N6O/c1-28(2)15-9-14-24-22-19-12-7-8-13-20(19)26-21(27-22)17-29(3)23(30)25-16-18-10-5-4-6-11-18/h4-8,10-13H,9,14-17H2,1-3H3,(H,25,30)(H,24,26,27). The number of fused-ring (bicyclic) bond motifs is 1. The highest BCUT2D eigenvalue weighted by Crippen LogP contribution is 2.20. The Kier molecular flexibility index (Phi) is 7.57. The summed E-state index contributed by atoms with van der Waals surface area (Å²) in [5.74, 6) is 1.42. The predicted octanol–water partition coefficient (Wildman–Crippen LogP) is 3.34. The molecule has 0 aliphatic carbocycles. The van der Waals surface area contributed by atoms with Gasteiger partial charge in [0, 0.05) is 25.5 Å². The fourth-order valence-electron chi connectivity index (χ4n) is 3.12. The first-order valence-electron chi connectivity index (χ1n) is 10.2. The summed E-state index contributed by atoms with van der Waals surface area (Å²) >= 11 is 0. The second kappa shape index (κ2) is 10.5. The van der Waals surface area contributed by atoms with E-state index in [9.17, 15) is 4.79 Å². The van der Waals surface area contributed by atoms with Gasteiger partial charge in [0.15, 0.2) is 5.82 Å². The normalized spacial score (nSPS) is 10.9. The molecule has 0 spiro atoms. The minimum absolute atomic E-state index is 0.156. The molecule has 0 fully saturated rings. The van der Waals surface area contributed by atoms with Crippen molar-refractivity contribution in [2.75, 3.05) is 39.5 Å². The lowest BCUT2D eigenvalue weighted by atomic mass is 10.2. The molecule has 0 radical (unpaired) electrons. The number of rotatable bonds is 9. The Morgan fingerprint density at radius 2 is 1.70 bits per heavy atom. The number of urea groups is 1. The maximum atomic E-state index is 12.5. The van der Waals surface area contributed by atoms with Crippen LogP contribution < -0.4 is 10.6 Å². The quantitative estimate of drug-likeness (QED) is 0.533. The Hall–Kier alpha value is -3.19. The Morgan fingerprint density at radius 3 is 2.47 bits per heavy atom. The molecule has 2 N–H and O–H groups in total. The van der Waals surface area contributed by atoms with Gasteiger partial charge in [0.05, 0.1) is 12.1 Å². The summed E-state index contributed by atoms with van der Waals surface area (Å²) in [6.45, 7) is 2.65. The van der Waals surface area contributed by atoms with Gasteiger partial charge >= 0.3 is 6.03 Å². The van der Waals surface area contributed by atoms with Crippen molar-refractivity contribution in [3.8, 4) is 0 Å². The lowest BCUT2D eigenvalue weighted by Crippen LogP contribution is -2.36. The molecule has 0 unspecified atom stereocenters. The van der Waals surface area contributed by atoms with Crippen LogP contribution in [0.25, 0.3) is 10.9 Å². The molecule has 3 rings (SSSR count). The van der Waals surface area contributed by atoms with Crippen molar-refractivity contribution < 1.29 is 4.79 Å². The number of benzene rings is 2. The van der Waals surface area contributed by atoms with E-state index in [4.69, 9.17) is 4.98 Å². The zero-order valence-corrected chi connectivity index (χ0v) is 17.9. The molecule has 0 aliphatic rings. The highest BCUT2D eigenvalue weighted by atomic mass is 16.2. The third kappa shape index (κ3) is 6.15. The maximum Gasteiger partial charge on any atom is 0.317 e. The molecule has 3 aromatic rings. The predicted molar refractivity (Wildman–Crippen MR) is 121 cm³/mol.